The van der Waals surface area contributed by atoms with Crippen molar-refractivity contribution in [3.8, 4) is 0 Å². The van der Waals surface area contributed by atoms with Crippen molar-refractivity contribution < 1.29 is 35.1 Å². The molecule has 10 heteroatoms. The SMILES string of the molecule is CC(C)[N+](=CO[Si](C(C)C)(C(C)C)C(C)C)C(C)C.O=S(=O)([O-])C(F)(F)F. The molecule has 0 aliphatic rings. The predicted molar refractivity (Wildman–Crippen MR) is 104 cm³/mol. The number of nitrogens with zero attached hydrogens (tertiary/aromatic N) is 1. The molecule has 0 saturated heterocycles. The van der Waals surface area contributed by atoms with E-state index in [-0.39, 0.29) is 0 Å². The van der Waals surface area contributed by atoms with E-state index < -0.39 is 23.9 Å². The van der Waals surface area contributed by atoms with Crippen LogP contribution in [0, 0.1) is 0 Å². The first kappa shape index (κ1) is 28.6. The normalized spacial score (nSPS) is 13.3. The van der Waals surface area contributed by atoms with E-state index in [1.807, 2.05) is 6.40 Å². The highest BCUT2D eigenvalue weighted by Crippen LogP contribution is 2.41. The minimum atomic E-state index is -6.09. The van der Waals surface area contributed by atoms with Gasteiger partial charge in [-0.1, -0.05) is 41.5 Å². The Morgan fingerprint density at radius 2 is 1.11 bits per heavy atom. The number of alkyl halides is 3. The lowest BCUT2D eigenvalue weighted by atomic mass is 10.3. The lowest BCUT2D eigenvalue weighted by Gasteiger charge is -2.40. The molecule has 0 rings (SSSR count). The maximum atomic E-state index is 10.7. The minimum Gasteiger partial charge on any atom is -0.741 e. The molecule has 0 aromatic carbocycles. The summed E-state index contributed by atoms with van der Waals surface area (Å²) in [5, 5.41) is 0. The largest absolute Gasteiger partial charge is 0.741 e. The Kier molecular flexibility index (Phi) is 11.4. The van der Waals surface area contributed by atoms with Gasteiger partial charge in [0.25, 0.3) is 8.32 Å². The van der Waals surface area contributed by atoms with Crippen molar-refractivity contribution in [1.82, 2.24) is 0 Å². The zero-order valence-electron chi connectivity index (χ0n) is 18.1. The van der Waals surface area contributed by atoms with Crippen LogP contribution in [0.25, 0.3) is 0 Å². The number of rotatable bonds is 7. The molecule has 0 aromatic rings. The second-order valence-corrected chi connectivity index (χ2v) is 14.9. The van der Waals surface area contributed by atoms with Crippen LogP contribution in [0.5, 0.6) is 0 Å². The summed E-state index contributed by atoms with van der Waals surface area (Å²) in [5.41, 5.74) is -3.76. The second kappa shape index (κ2) is 10.8. The summed E-state index contributed by atoms with van der Waals surface area (Å²) < 4.78 is 67.8. The fourth-order valence-corrected chi connectivity index (χ4v) is 8.52. The van der Waals surface area contributed by atoms with E-state index >= 15 is 0 Å². The van der Waals surface area contributed by atoms with Gasteiger partial charge in [0.15, 0.2) is 22.2 Å². The van der Waals surface area contributed by atoms with E-state index in [0.717, 1.165) is 0 Å². The van der Waals surface area contributed by atoms with Crippen molar-refractivity contribution in [3.05, 3.63) is 0 Å². The number of halogens is 3. The molecule has 0 N–H and O–H groups in total. The highest BCUT2D eigenvalue weighted by molar-refractivity contribution is 7.86. The molecule has 0 aliphatic heterocycles. The molecule has 0 radical (unpaired) electrons. The fraction of sp³-hybridized carbons (Fsp3) is 0.941. The average Bonchev–Trinajstić information content (AvgIpc) is 2.39. The zero-order valence-corrected chi connectivity index (χ0v) is 19.9. The lowest BCUT2D eigenvalue weighted by Crippen LogP contribution is -2.48. The Morgan fingerprint density at radius 3 is 1.26 bits per heavy atom. The van der Waals surface area contributed by atoms with Gasteiger partial charge in [-0.25, -0.2) is 13.0 Å². The summed E-state index contributed by atoms with van der Waals surface area (Å²) in [6.07, 6.45) is 2.04. The van der Waals surface area contributed by atoms with Crippen LogP contribution in [-0.2, 0) is 14.5 Å². The Balaban J connectivity index is 0. The molecule has 0 aromatic heterocycles. The van der Waals surface area contributed by atoms with Gasteiger partial charge < -0.3 is 8.98 Å². The molecule has 5 nitrogen and oxygen atoms in total. The molecule has 0 saturated carbocycles. The third kappa shape index (κ3) is 8.51. The van der Waals surface area contributed by atoms with E-state index in [9.17, 15) is 13.2 Å². The molecule has 0 spiro atoms. The zero-order chi connectivity index (χ0) is 22.4. The summed E-state index contributed by atoms with van der Waals surface area (Å²) in [6.45, 7) is 22.9. The monoisotopic (exact) mass is 435 g/mol. The van der Waals surface area contributed by atoms with Gasteiger partial charge >= 0.3 is 11.9 Å². The van der Waals surface area contributed by atoms with Crippen LogP contribution in [0.2, 0.25) is 16.6 Å². The first-order valence-electron chi connectivity index (χ1n) is 9.13. The lowest BCUT2D eigenvalue weighted by molar-refractivity contribution is -0.588. The first-order chi connectivity index (χ1) is 11.8. The standard InChI is InChI=1S/C16H36NOSi.CHF3O3S/c1-12(2)17(13(3)4)11-18-19(14(5)6,15(7)8)16(9)10;2-1(3,4)8(5,6)7/h11-16H,1-10H3;(H,5,6,7)/q+1;/p-1. The van der Waals surface area contributed by atoms with Gasteiger partial charge in [-0.2, -0.15) is 13.2 Å². The molecule has 0 amide bonds. The molecular weight excluding hydrogens is 399 g/mol. The van der Waals surface area contributed by atoms with Crippen LogP contribution in [0.1, 0.15) is 69.2 Å². The third-order valence-electron chi connectivity index (χ3n) is 4.56. The molecule has 0 fully saturated rings. The van der Waals surface area contributed by atoms with Gasteiger partial charge in [-0.3, -0.25) is 0 Å². The Bertz CT molecular complexity index is 539. The summed E-state index contributed by atoms with van der Waals surface area (Å²) in [7, 11) is -7.87. The van der Waals surface area contributed by atoms with E-state index in [1.165, 1.54) is 0 Å². The highest BCUT2D eigenvalue weighted by Gasteiger charge is 2.47. The highest BCUT2D eigenvalue weighted by atomic mass is 32.2. The second-order valence-electron chi connectivity index (χ2n) is 8.08. The van der Waals surface area contributed by atoms with Crippen molar-refractivity contribution in [3.63, 3.8) is 0 Å². The fourth-order valence-electron chi connectivity index (χ4n) is 3.40. The molecule has 0 aliphatic carbocycles. The van der Waals surface area contributed by atoms with Gasteiger partial charge in [0.05, 0.1) is 0 Å². The topological polar surface area (TPSA) is 69.4 Å². The first-order valence-corrected chi connectivity index (χ1v) is 12.7. The van der Waals surface area contributed by atoms with Crippen molar-refractivity contribution in [1.29, 1.82) is 0 Å². The van der Waals surface area contributed by atoms with E-state index in [1.54, 1.807) is 0 Å². The maximum Gasteiger partial charge on any atom is 0.485 e. The summed E-state index contributed by atoms with van der Waals surface area (Å²) >= 11 is 0. The Labute approximate surface area is 163 Å². The Morgan fingerprint density at radius 1 is 0.852 bits per heavy atom. The molecule has 0 heterocycles. The van der Waals surface area contributed by atoms with Gasteiger partial charge in [-0.15, -0.1) is 0 Å². The van der Waals surface area contributed by atoms with Crippen LogP contribution < -0.4 is 0 Å². The third-order valence-corrected chi connectivity index (χ3v) is 11.1. The molecular formula is C17H36F3NO4SSi. The van der Waals surface area contributed by atoms with Crippen LogP contribution in [0.3, 0.4) is 0 Å². The van der Waals surface area contributed by atoms with Crippen LogP contribution >= 0.6 is 0 Å². The van der Waals surface area contributed by atoms with Crippen molar-refractivity contribution >= 4 is 24.8 Å². The Hall–Kier alpha value is -0.613. The number of hydrogen-bond acceptors (Lipinski definition) is 4. The molecule has 0 unspecified atom stereocenters. The van der Waals surface area contributed by atoms with Crippen molar-refractivity contribution in [2.75, 3.05) is 0 Å². The minimum absolute atomic E-state index is 0.484. The van der Waals surface area contributed by atoms with E-state index in [0.29, 0.717) is 28.7 Å². The number of hydrogen-bond donors (Lipinski definition) is 0. The molecule has 0 atom stereocenters. The quantitative estimate of drug-likeness (QED) is 0.139. The summed E-state index contributed by atoms with van der Waals surface area (Å²) in [4.78, 5) is 0. The predicted octanol–water partition coefficient (Wildman–Crippen LogP) is 5.09. The van der Waals surface area contributed by atoms with Crippen LogP contribution in [-0.4, -0.2) is 49.9 Å². The summed E-state index contributed by atoms with van der Waals surface area (Å²) in [6, 6.07) is 0.969. The van der Waals surface area contributed by atoms with E-state index in [4.69, 9.17) is 17.4 Å². The van der Waals surface area contributed by atoms with Crippen LogP contribution in [0.15, 0.2) is 0 Å². The van der Waals surface area contributed by atoms with E-state index in [2.05, 4.69) is 73.8 Å². The van der Waals surface area contributed by atoms with Gasteiger partial charge in [-0.05, 0) is 44.3 Å². The van der Waals surface area contributed by atoms with Crippen molar-refractivity contribution in [2.24, 2.45) is 0 Å². The maximum absolute atomic E-state index is 10.7. The van der Waals surface area contributed by atoms with Crippen LogP contribution in [0.4, 0.5) is 13.2 Å². The molecule has 164 valence electrons. The van der Waals surface area contributed by atoms with Gasteiger partial charge in [0, 0.05) is 0 Å². The molecule has 27 heavy (non-hydrogen) atoms. The molecule has 0 bridgehead atoms. The van der Waals surface area contributed by atoms with Gasteiger partial charge in [0.2, 0.25) is 0 Å². The summed E-state index contributed by atoms with van der Waals surface area (Å²) in [5.74, 6) is 0. The smallest absolute Gasteiger partial charge is 0.485 e. The van der Waals surface area contributed by atoms with Gasteiger partial charge in [0.1, 0.15) is 0 Å². The van der Waals surface area contributed by atoms with Crippen molar-refractivity contribution in [2.45, 2.75) is 103 Å². The average molecular weight is 436 g/mol.